The molecule has 0 unspecified atom stereocenters. The van der Waals surface area contributed by atoms with E-state index in [1.165, 1.54) is 24.3 Å². The van der Waals surface area contributed by atoms with Gasteiger partial charge in [0, 0.05) is 23.6 Å². The van der Waals surface area contributed by atoms with E-state index in [0.717, 1.165) is 29.2 Å². The zero-order chi connectivity index (χ0) is 30.5. The molecule has 2 aliphatic heterocycles. The van der Waals surface area contributed by atoms with E-state index in [1.807, 2.05) is 34.9 Å². The average Bonchev–Trinajstić information content (AvgIpc) is 3.68. The van der Waals surface area contributed by atoms with Gasteiger partial charge in [-0.2, -0.15) is 10.5 Å². The first-order chi connectivity index (χ1) is 21.3. The fraction of sp³-hybridized carbons (Fsp3) is 0.235. The number of ether oxygens (including phenoxy) is 2. The number of hydrogen-bond acceptors (Lipinski definition) is 6. The van der Waals surface area contributed by atoms with Gasteiger partial charge in [-0.25, -0.2) is 23.1 Å². The summed E-state index contributed by atoms with van der Waals surface area (Å²) in [7, 11) is 0. The van der Waals surface area contributed by atoms with Gasteiger partial charge in [-0.3, -0.25) is 0 Å². The molecule has 0 spiro atoms. The normalized spacial score (nSPS) is 20.2. The molecule has 3 aromatic carbocycles. The lowest BCUT2D eigenvalue weighted by atomic mass is 9.63. The van der Waals surface area contributed by atoms with Gasteiger partial charge in [0.1, 0.15) is 29.9 Å². The first-order valence-corrected chi connectivity index (χ1v) is 14.1. The maximum Gasteiger partial charge on any atom is 0.214 e. The molecule has 4 heterocycles. The van der Waals surface area contributed by atoms with Crippen molar-refractivity contribution in [1.82, 2.24) is 14.5 Å². The van der Waals surface area contributed by atoms with Gasteiger partial charge in [-0.05, 0) is 60.9 Å². The minimum Gasteiger partial charge on any atom is -0.473 e. The molecular weight excluding hydrogens is 567 g/mol. The molecule has 3 fully saturated rings. The summed E-state index contributed by atoms with van der Waals surface area (Å²) < 4.78 is 59.0. The summed E-state index contributed by atoms with van der Waals surface area (Å²) in [5, 5.41) is 18.5. The highest BCUT2D eigenvalue weighted by atomic mass is 19.1. The van der Waals surface area contributed by atoms with Gasteiger partial charge < -0.3 is 14.0 Å². The van der Waals surface area contributed by atoms with Crippen LogP contribution in [0.15, 0.2) is 72.8 Å². The molecule has 44 heavy (non-hydrogen) atoms. The number of hydrogen-bond donors (Lipinski definition) is 0. The molecule has 0 amide bonds. The summed E-state index contributed by atoms with van der Waals surface area (Å²) in [4.78, 5) is 9.05. The van der Waals surface area contributed by atoms with Crippen LogP contribution in [0.2, 0.25) is 0 Å². The third-order valence-corrected chi connectivity index (χ3v) is 8.43. The Balaban J connectivity index is 1.13. The topological polar surface area (TPSA) is 96.8 Å². The van der Waals surface area contributed by atoms with Gasteiger partial charge in [0.05, 0.1) is 58.6 Å². The standard InChI is InChI=1S/C34H24F3N5O2/c35-25-10-21(14-38)8-9-22(25)15-43-32-7-3-5-28(41-32)24-13-26(36)23(11-27(24)37)12-31-40-29-4-1-2-6-30(29)42(31)19-34-16-33(17-34,18-39)20-44-34/h1-11,13H,12,15-17,19-20H2. The second-order valence-corrected chi connectivity index (χ2v) is 11.5. The van der Waals surface area contributed by atoms with Crippen molar-refractivity contribution in [2.75, 3.05) is 6.61 Å². The summed E-state index contributed by atoms with van der Waals surface area (Å²) in [5.41, 5.74) is 1.36. The number of pyridine rings is 1. The van der Waals surface area contributed by atoms with Crippen LogP contribution in [0.1, 0.15) is 35.4 Å². The van der Waals surface area contributed by atoms with Gasteiger partial charge in [0.25, 0.3) is 0 Å². The zero-order valence-electron chi connectivity index (χ0n) is 23.4. The first kappa shape index (κ1) is 27.6. The molecule has 3 aliphatic rings. The predicted octanol–water partition coefficient (Wildman–Crippen LogP) is 6.63. The summed E-state index contributed by atoms with van der Waals surface area (Å²) in [6.07, 6.45) is 1.32. The van der Waals surface area contributed by atoms with Crippen molar-refractivity contribution in [1.29, 1.82) is 10.5 Å². The average molecular weight is 592 g/mol. The molecule has 218 valence electrons. The Morgan fingerprint density at radius 2 is 1.70 bits per heavy atom. The van der Waals surface area contributed by atoms with E-state index in [2.05, 4.69) is 11.1 Å². The molecule has 1 saturated carbocycles. The maximum atomic E-state index is 15.6. The summed E-state index contributed by atoms with van der Waals surface area (Å²) >= 11 is 0. The molecule has 2 bridgehead atoms. The van der Waals surface area contributed by atoms with Crippen LogP contribution in [0.3, 0.4) is 0 Å². The first-order valence-electron chi connectivity index (χ1n) is 14.1. The Bertz CT molecular complexity index is 2020. The molecule has 8 rings (SSSR count). The van der Waals surface area contributed by atoms with E-state index in [-0.39, 0.29) is 46.9 Å². The molecule has 0 N–H and O–H groups in total. The van der Waals surface area contributed by atoms with E-state index in [9.17, 15) is 9.65 Å². The minimum absolute atomic E-state index is 0.0456. The van der Waals surface area contributed by atoms with Crippen LogP contribution in [0.25, 0.3) is 22.3 Å². The maximum absolute atomic E-state index is 15.6. The number of halogens is 3. The van der Waals surface area contributed by atoms with Crippen LogP contribution in [0.5, 0.6) is 5.88 Å². The lowest BCUT2D eigenvalue weighted by Gasteiger charge is -2.40. The molecule has 0 radical (unpaired) electrons. The minimum atomic E-state index is -0.664. The SMILES string of the molecule is N#Cc1ccc(COc2cccc(-c3cc(F)c(Cc4nc5ccccc5n4CC45CC(C#N)(CO4)C5)cc3F)n2)c(F)c1. The van der Waals surface area contributed by atoms with Crippen molar-refractivity contribution in [2.45, 2.75) is 38.0 Å². The summed E-state index contributed by atoms with van der Waals surface area (Å²) in [5.74, 6) is -1.19. The van der Waals surface area contributed by atoms with Crippen molar-refractivity contribution in [3.63, 3.8) is 0 Å². The third-order valence-electron chi connectivity index (χ3n) is 8.43. The molecule has 0 atom stereocenters. The van der Waals surface area contributed by atoms with Crippen molar-refractivity contribution in [2.24, 2.45) is 5.41 Å². The van der Waals surface area contributed by atoms with Crippen LogP contribution in [0, 0.1) is 45.5 Å². The van der Waals surface area contributed by atoms with Crippen LogP contribution in [-0.4, -0.2) is 26.7 Å². The Kier molecular flexibility index (Phi) is 6.60. The Morgan fingerprint density at radius 1 is 0.886 bits per heavy atom. The zero-order valence-corrected chi connectivity index (χ0v) is 23.4. The third kappa shape index (κ3) is 4.83. The van der Waals surface area contributed by atoms with Crippen molar-refractivity contribution >= 4 is 11.0 Å². The van der Waals surface area contributed by atoms with Crippen LogP contribution >= 0.6 is 0 Å². The molecule has 5 aromatic rings. The van der Waals surface area contributed by atoms with Gasteiger partial charge in [-0.1, -0.05) is 24.3 Å². The number of benzene rings is 3. The van der Waals surface area contributed by atoms with Crippen LogP contribution in [-0.2, 0) is 24.3 Å². The molecular formula is C34H24F3N5O2. The van der Waals surface area contributed by atoms with E-state index in [0.29, 0.717) is 31.8 Å². The Hall–Kier alpha value is -5.19. The van der Waals surface area contributed by atoms with Gasteiger partial charge >= 0.3 is 0 Å². The van der Waals surface area contributed by atoms with Gasteiger partial charge in [-0.15, -0.1) is 0 Å². The van der Waals surface area contributed by atoms with Crippen LogP contribution in [0.4, 0.5) is 13.2 Å². The lowest BCUT2D eigenvalue weighted by Crippen LogP contribution is -2.46. The number of nitrogens with zero attached hydrogens (tertiary/aromatic N) is 5. The largest absolute Gasteiger partial charge is 0.473 e. The molecule has 2 saturated heterocycles. The van der Waals surface area contributed by atoms with E-state index < -0.39 is 28.5 Å². The fourth-order valence-electron chi connectivity index (χ4n) is 6.29. The smallest absolute Gasteiger partial charge is 0.214 e. The molecule has 7 nitrogen and oxygen atoms in total. The highest BCUT2D eigenvalue weighted by Crippen LogP contribution is 2.58. The number of para-hydroxylation sites is 2. The molecule has 10 heteroatoms. The number of aromatic nitrogens is 3. The highest BCUT2D eigenvalue weighted by molar-refractivity contribution is 5.76. The second-order valence-electron chi connectivity index (χ2n) is 11.5. The number of imidazole rings is 1. The predicted molar refractivity (Wildman–Crippen MR) is 154 cm³/mol. The second kappa shape index (κ2) is 10.5. The number of fused-ring (bicyclic) bond motifs is 2. The summed E-state index contributed by atoms with van der Waals surface area (Å²) in [6.45, 7) is 0.714. The van der Waals surface area contributed by atoms with Gasteiger partial charge in [0.2, 0.25) is 5.88 Å². The highest BCUT2D eigenvalue weighted by Gasteiger charge is 2.63. The van der Waals surface area contributed by atoms with E-state index in [4.69, 9.17) is 19.7 Å². The van der Waals surface area contributed by atoms with Crippen LogP contribution < -0.4 is 4.74 Å². The molecule has 1 aliphatic carbocycles. The lowest BCUT2D eigenvalue weighted by molar-refractivity contribution is -0.0206. The summed E-state index contributed by atoms with van der Waals surface area (Å²) in [6, 6.07) is 22.8. The van der Waals surface area contributed by atoms with E-state index in [1.54, 1.807) is 6.07 Å². The van der Waals surface area contributed by atoms with E-state index >= 15 is 8.78 Å². The van der Waals surface area contributed by atoms with Gasteiger partial charge in [0.15, 0.2) is 0 Å². The quantitative estimate of drug-likeness (QED) is 0.201. The van der Waals surface area contributed by atoms with Crippen molar-refractivity contribution < 1.29 is 22.6 Å². The van der Waals surface area contributed by atoms with Crippen molar-refractivity contribution in [3.05, 3.63) is 113 Å². The fourth-order valence-corrected chi connectivity index (χ4v) is 6.29. The Labute approximate surface area is 250 Å². The van der Waals surface area contributed by atoms with Crippen molar-refractivity contribution in [3.8, 4) is 29.3 Å². The number of rotatable bonds is 8. The Morgan fingerprint density at radius 3 is 2.48 bits per heavy atom. The molecule has 2 aromatic heterocycles. The number of nitriles is 2. The monoisotopic (exact) mass is 591 g/mol.